The van der Waals surface area contributed by atoms with E-state index < -0.39 is 37.5 Å². The summed E-state index contributed by atoms with van der Waals surface area (Å²) in [6.07, 6.45) is 0.888. The summed E-state index contributed by atoms with van der Waals surface area (Å²) >= 11 is 0. The number of nitrogens with zero attached hydrogens (tertiary/aromatic N) is 3. The molecule has 13 heteroatoms. The molecule has 280 valence electrons. The number of methoxy groups -OCH3 is 1. The lowest BCUT2D eigenvalue weighted by Crippen LogP contribution is -2.48. The van der Waals surface area contributed by atoms with E-state index in [1.807, 2.05) is 68.5 Å². The Balaban J connectivity index is 1.27. The summed E-state index contributed by atoms with van der Waals surface area (Å²) in [6, 6.07) is 20.2. The van der Waals surface area contributed by atoms with Crippen molar-refractivity contribution in [1.82, 2.24) is 4.90 Å². The molecule has 4 heterocycles. The van der Waals surface area contributed by atoms with Gasteiger partial charge in [-0.25, -0.2) is 0 Å². The van der Waals surface area contributed by atoms with Crippen LogP contribution in [-0.4, -0.2) is 85.8 Å². The molecular formula is C40H47N3O9Si. The maximum Gasteiger partial charge on any atom is 0.305 e. The number of fused-ring (bicyclic) bond motifs is 4. The van der Waals surface area contributed by atoms with Gasteiger partial charge in [-0.05, 0) is 73.8 Å². The van der Waals surface area contributed by atoms with Gasteiger partial charge in [-0.2, -0.15) is 0 Å². The van der Waals surface area contributed by atoms with Gasteiger partial charge in [0, 0.05) is 42.2 Å². The number of hydrogen-bond donors (Lipinski definition) is 2. The van der Waals surface area contributed by atoms with Gasteiger partial charge in [0.05, 0.1) is 43.7 Å². The van der Waals surface area contributed by atoms with Crippen molar-refractivity contribution >= 4 is 49.1 Å². The number of hydrogen-bond acceptors (Lipinski definition) is 9. The molecule has 4 aliphatic heterocycles. The first kappa shape index (κ1) is 36.8. The maximum absolute atomic E-state index is 15.0. The minimum absolute atomic E-state index is 0.0802. The number of unbranched alkanes of at least 4 members (excludes halogenated alkanes) is 1. The largest absolute Gasteiger partial charge is 0.482 e. The maximum atomic E-state index is 15.0. The number of anilines is 3. The molecule has 3 amide bonds. The number of benzene rings is 3. The van der Waals surface area contributed by atoms with Crippen molar-refractivity contribution in [2.45, 2.75) is 82.0 Å². The third-order valence-electron chi connectivity index (χ3n) is 11.4. The van der Waals surface area contributed by atoms with Crippen LogP contribution in [0.2, 0.25) is 18.6 Å². The van der Waals surface area contributed by atoms with E-state index in [1.165, 1.54) is 7.11 Å². The molecule has 0 radical (unpaired) electrons. The summed E-state index contributed by atoms with van der Waals surface area (Å²) in [7, 11) is -1.77. The summed E-state index contributed by atoms with van der Waals surface area (Å²) in [5.41, 5.74) is 2.34. The molecular weight excluding hydrogens is 695 g/mol. The number of amides is 3. The number of aliphatic hydroxyl groups excluding tert-OH is 1. The Labute approximate surface area is 310 Å². The van der Waals surface area contributed by atoms with E-state index in [2.05, 4.69) is 0 Å². The van der Waals surface area contributed by atoms with Crippen LogP contribution in [-0.2, 0) is 47.2 Å². The van der Waals surface area contributed by atoms with E-state index in [1.54, 1.807) is 32.9 Å². The van der Waals surface area contributed by atoms with Gasteiger partial charge >= 0.3 is 5.97 Å². The number of carbonyl (C=O) groups is 4. The molecule has 0 unspecified atom stereocenters. The Hall–Kier alpha value is -4.56. The highest BCUT2D eigenvalue weighted by molar-refractivity contribution is 6.71. The quantitative estimate of drug-likeness (QED) is 0.174. The number of esters is 1. The summed E-state index contributed by atoms with van der Waals surface area (Å²) in [4.78, 5) is 71.3. The van der Waals surface area contributed by atoms with Crippen LogP contribution in [0.25, 0.3) is 0 Å². The fourth-order valence-electron chi connectivity index (χ4n) is 8.99. The summed E-state index contributed by atoms with van der Waals surface area (Å²) in [5.74, 6) is -1.10. The molecule has 0 bridgehead atoms. The van der Waals surface area contributed by atoms with Gasteiger partial charge in [-0.1, -0.05) is 43.3 Å². The normalized spacial score (nSPS) is 24.9. The van der Waals surface area contributed by atoms with Crippen molar-refractivity contribution in [1.29, 1.82) is 0 Å². The number of carbonyl (C=O) groups excluding carboxylic acids is 4. The summed E-state index contributed by atoms with van der Waals surface area (Å²) in [5, 5.41) is 10.3. The topological polar surface area (TPSA) is 146 Å². The molecule has 5 atom stereocenters. The van der Waals surface area contributed by atoms with E-state index in [4.69, 9.17) is 14.2 Å². The van der Waals surface area contributed by atoms with Crippen molar-refractivity contribution in [3.8, 4) is 5.75 Å². The summed E-state index contributed by atoms with van der Waals surface area (Å²) in [6.45, 7) is 5.84. The van der Waals surface area contributed by atoms with E-state index in [0.29, 0.717) is 60.7 Å². The Morgan fingerprint density at radius 1 is 1.00 bits per heavy atom. The van der Waals surface area contributed by atoms with E-state index in [9.17, 15) is 29.1 Å². The molecule has 1 saturated heterocycles. The molecule has 7 rings (SSSR count). The molecule has 2 N–H and O–H groups in total. The minimum Gasteiger partial charge on any atom is -0.482 e. The molecule has 0 aliphatic carbocycles. The second kappa shape index (κ2) is 14.3. The molecule has 4 aliphatic rings. The Kier molecular flexibility index (Phi) is 9.96. The van der Waals surface area contributed by atoms with Crippen LogP contribution >= 0.6 is 0 Å². The minimum atomic E-state index is -3.12. The van der Waals surface area contributed by atoms with Gasteiger partial charge in [0.2, 0.25) is 5.91 Å². The monoisotopic (exact) mass is 741 g/mol. The lowest BCUT2D eigenvalue weighted by Gasteiger charge is -2.37. The molecule has 3 aromatic rings. The van der Waals surface area contributed by atoms with Gasteiger partial charge < -0.3 is 33.9 Å². The SMILES string of the molecule is COC(=O)CCCCN1C(=O)[C@@]2(O[C@@H](CC(=O)N3Cc4ccccc4C[C@H]3CO)[C@H]([Si](C)(C)O)[C@H]2C)c2cc(N3C(=O)COc4ccccc43)ccc21. The van der Waals surface area contributed by atoms with Crippen LogP contribution in [0, 0.1) is 5.92 Å². The second-order valence-electron chi connectivity index (χ2n) is 15.1. The predicted octanol–water partition coefficient (Wildman–Crippen LogP) is 4.57. The molecule has 12 nitrogen and oxygen atoms in total. The lowest BCUT2D eigenvalue weighted by atomic mass is 9.82. The fraction of sp³-hybridized carbons (Fsp3) is 0.450. The Morgan fingerprint density at radius 3 is 2.47 bits per heavy atom. The highest BCUT2D eigenvalue weighted by atomic mass is 28.4. The van der Waals surface area contributed by atoms with Gasteiger partial charge in [0.15, 0.2) is 20.5 Å². The average Bonchev–Trinajstić information content (AvgIpc) is 3.57. The van der Waals surface area contributed by atoms with Gasteiger partial charge in [0.25, 0.3) is 11.8 Å². The van der Waals surface area contributed by atoms with Crippen LogP contribution in [0.4, 0.5) is 17.1 Å². The van der Waals surface area contributed by atoms with Crippen molar-refractivity contribution < 1.29 is 43.3 Å². The third kappa shape index (κ3) is 6.43. The fourth-order valence-corrected chi connectivity index (χ4v) is 11.5. The second-order valence-corrected chi connectivity index (χ2v) is 19.0. The lowest BCUT2D eigenvalue weighted by molar-refractivity contribution is -0.151. The van der Waals surface area contributed by atoms with Crippen molar-refractivity contribution in [2.24, 2.45) is 5.92 Å². The van der Waals surface area contributed by atoms with Crippen LogP contribution in [0.3, 0.4) is 0 Å². The first-order valence-electron chi connectivity index (χ1n) is 18.3. The van der Waals surface area contributed by atoms with Gasteiger partial charge in [-0.15, -0.1) is 0 Å². The molecule has 0 saturated carbocycles. The Morgan fingerprint density at radius 2 is 1.74 bits per heavy atom. The zero-order valence-corrected chi connectivity index (χ0v) is 31.6. The summed E-state index contributed by atoms with van der Waals surface area (Å²) < 4.78 is 17.5. The van der Waals surface area contributed by atoms with Gasteiger partial charge in [0.1, 0.15) is 5.75 Å². The molecule has 53 heavy (non-hydrogen) atoms. The third-order valence-corrected chi connectivity index (χ3v) is 13.9. The van der Waals surface area contributed by atoms with Crippen LogP contribution in [0.15, 0.2) is 66.7 Å². The molecule has 3 aromatic carbocycles. The predicted molar refractivity (Wildman–Crippen MR) is 199 cm³/mol. The van der Waals surface area contributed by atoms with Crippen molar-refractivity contribution in [2.75, 3.05) is 36.7 Å². The first-order chi connectivity index (χ1) is 25.4. The Bertz CT molecular complexity index is 1930. The van der Waals surface area contributed by atoms with Crippen LogP contribution < -0.4 is 14.5 Å². The highest BCUT2D eigenvalue weighted by Gasteiger charge is 2.66. The smallest absolute Gasteiger partial charge is 0.305 e. The average molecular weight is 742 g/mol. The zero-order valence-electron chi connectivity index (χ0n) is 30.6. The van der Waals surface area contributed by atoms with E-state index >= 15 is 0 Å². The zero-order chi connectivity index (χ0) is 37.7. The van der Waals surface area contributed by atoms with Crippen LogP contribution in [0.5, 0.6) is 5.75 Å². The number of ether oxygens (including phenoxy) is 3. The molecule has 1 spiro atoms. The number of para-hydroxylation sites is 2. The van der Waals surface area contributed by atoms with E-state index in [0.717, 1.165) is 11.1 Å². The number of aliphatic hydroxyl groups is 1. The first-order valence-corrected chi connectivity index (χ1v) is 21.4. The van der Waals surface area contributed by atoms with Crippen molar-refractivity contribution in [3.05, 3.63) is 83.4 Å². The van der Waals surface area contributed by atoms with Crippen molar-refractivity contribution in [3.63, 3.8) is 0 Å². The molecule has 0 aromatic heterocycles. The molecule has 1 fully saturated rings. The van der Waals surface area contributed by atoms with E-state index in [-0.39, 0.29) is 49.7 Å². The van der Waals surface area contributed by atoms with Crippen LogP contribution in [0.1, 0.15) is 49.3 Å². The number of rotatable bonds is 10. The highest BCUT2D eigenvalue weighted by Crippen LogP contribution is 2.60. The van der Waals surface area contributed by atoms with Gasteiger partial charge in [-0.3, -0.25) is 24.1 Å². The standard InChI is InChI=1S/C40H47N3O9Si/c1-25-38(53(3,4)49)34(21-35(45)42-22-27-12-6-5-11-26(27)19-29(42)23-44)52-40(25)30-20-28(43-32-13-7-8-14-33(32)51-24-36(43)46)16-17-31(30)41(39(40)48)18-10-9-15-37(47)50-2/h5-8,11-14,16-17,20,25,29,34,38,44,49H,9-10,15,18-19,21-24H2,1-4H3/t25-,29+,34+,38-,40+/m1/s1.